The summed E-state index contributed by atoms with van der Waals surface area (Å²) in [6, 6.07) is 0. The fourth-order valence-corrected chi connectivity index (χ4v) is 1.15. The average molecular weight is 121 g/mol. The van der Waals surface area contributed by atoms with Crippen molar-refractivity contribution in [2.75, 3.05) is 0 Å². The molecule has 0 aromatic rings. The summed E-state index contributed by atoms with van der Waals surface area (Å²) < 4.78 is 0. The van der Waals surface area contributed by atoms with E-state index in [0.717, 1.165) is 18.8 Å². The van der Waals surface area contributed by atoms with Gasteiger partial charge >= 0.3 is 0 Å². The lowest BCUT2D eigenvalue weighted by Crippen LogP contribution is -2.02. The first-order chi connectivity index (χ1) is 4.30. The number of hydrogen-bond donors (Lipinski definition) is 0. The molecule has 49 valence electrons. The van der Waals surface area contributed by atoms with Crippen molar-refractivity contribution in [2.45, 2.75) is 26.2 Å². The average Bonchev–Trinajstić information content (AvgIpc) is 1.90. The Labute approximate surface area is 57.3 Å². The molecule has 0 aromatic carbocycles. The van der Waals surface area contributed by atoms with E-state index >= 15 is 0 Å². The van der Waals surface area contributed by atoms with Gasteiger partial charge in [-0.3, -0.25) is 0 Å². The second-order valence-corrected chi connectivity index (χ2v) is 2.73. The number of rotatable bonds is 1. The molecule has 1 unspecified atom stereocenters. The highest BCUT2D eigenvalue weighted by Crippen LogP contribution is 2.23. The summed E-state index contributed by atoms with van der Waals surface area (Å²) in [4.78, 5) is 0. The standard InChI is InChI=1S/C9H13/c1-8(2)9-6-4-3-5-7-9/h4,9H,1,5-7H2,2H3. The smallest absolute Gasteiger partial charge is 0.0171 e. The summed E-state index contributed by atoms with van der Waals surface area (Å²) in [5, 5.41) is 0. The lowest BCUT2D eigenvalue weighted by Gasteiger charge is -2.16. The highest BCUT2D eigenvalue weighted by Gasteiger charge is 2.08. The quantitative estimate of drug-likeness (QED) is 0.468. The van der Waals surface area contributed by atoms with Gasteiger partial charge in [0, 0.05) is 0 Å². The highest BCUT2D eigenvalue weighted by molar-refractivity contribution is 5.01. The summed E-state index contributed by atoms with van der Waals surface area (Å²) in [5.74, 6) is 0.742. The van der Waals surface area contributed by atoms with Gasteiger partial charge in [0.05, 0.1) is 0 Å². The lowest BCUT2D eigenvalue weighted by atomic mass is 9.89. The first-order valence-electron chi connectivity index (χ1n) is 3.51. The third kappa shape index (κ3) is 1.70. The summed E-state index contributed by atoms with van der Waals surface area (Å²) in [6.45, 7) is 6.05. The molecule has 0 amide bonds. The van der Waals surface area contributed by atoms with E-state index in [0.29, 0.717) is 0 Å². The van der Waals surface area contributed by atoms with E-state index in [-0.39, 0.29) is 0 Å². The molecule has 0 fully saturated rings. The van der Waals surface area contributed by atoms with Crippen molar-refractivity contribution >= 4 is 0 Å². The van der Waals surface area contributed by atoms with Crippen molar-refractivity contribution in [1.82, 2.24) is 0 Å². The Balaban J connectivity index is 2.44. The minimum Gasteiger partial charge on any atom is -0.0998 e. The summed E-state index contributed by atoms with van der Waals surface area (Å²) in [6.07, 6.45) is 8.89. The van der Waals surface area contributed by atoms with E-state index in [1.165, 1.54) is 12.0 Å². The van der Waals surface area contributed by atoms with Crippen LogP contribution in [0, 0.1) is 12.0 Å². The van der Waals surface area contributed by atoms with Gasteiger partial charge in [-0.2, -0.15) is 0 Å². The third-order valence-electron chi connectivity index (χ3n) is 1.88. The normalized spacial score (nSPS) is 26.1. The lowest BCUT2D eigenvalue weighted by molar-refractivity contribution is 0.548. The SMILES string of the molecule is C=C(C)C1CC=[C]CC1. The topological polar surface area (TPSA) is 0 Å². The van der Waals surface area contributed by atoms with Gasteiger partial charge < -0.3 is 0 Å². The van der Waals surface area contributed by atoms with Crippen molar-refractivity contribution in [2.24, 2.45) is 5.92 Å². The fourth-order valence-electron chi connectivity index (χ4n) is 1.15. The zero-order valence-electron chi connectivity index (χ0n) is 5.98. The van der Waals surface area contributed by atoms with Gasteiger partial charge in [0.15, 0.2) is 0 Å². The molecular weight excluding hydrogens is 108 g/mol. The Hall–Kier alpha value is -0.520. The molecule has 9 heavy (non-hydrogen) atoms. The van der Waals surface area contributed by atoms with Crippen LogP contribution in [0.15, 0.2) is 18.2 Å². The summed E-state index contributed by atoms with van der Waals surface area (Å²) in [5.41, 5.74) is 1.33. The van der Waals surface area contributed by atoms with Gasteiger partial charge in [0.2, 0.25) is 0 Å². The fraction of sp³-hybridized carbons (Fsp3) is 0.556. The van der Waals surface area contributed by atoms with Crippen LogP contribution < -0.4 is 0 Å². The molecule has 0 nitrogen and oxygen atoms in total. The summed E-state index contributed by atoms with van der Waals surface area (Å²) in [7, 11) is 0. The van der Waals surface area contributed by atoms with Crippen LogP contribution in [-0.4, -0.2) is 0 Å². The van der Waals surface area contributed by atoms with Gasteiger partial charge in [-0.15, -0.1) is 0 Å². The van der Waals surface area contributed by atoms with Gasteiger partial charge in [-0.05, 0) is 38.2 Å². The van der Waals surface area contributed by atoms with Crippen LogP contribution in [0.25, 0.3) is 0 Å². The van der Waals surface area contributed by atoms with Crippen LogP contribution in [0.1, 0.15) is 26.2 Å². The predicted molar refractivity (Wildman–Crippen MR) is 40.0 cm³/mol. The molecule has 1 aliphatic carbocycles. The van der Waals surface area contributed by atoms with E-state index in [4.69, 9.17) is 0 Å². The van der Waals surface area contributed by atoms with Gasteiger partial charge in [-0.25, -0.2) is 0 Å². The van der Waals surface area contributed by atoms with Crippen molar-refractivity contribution in [1.29, 1.82) is 0 Å². The molecule has 0 N–H and O–H groups in total. The van der Waals surface area contributed by atoms with Crippen LogP contribution in [0.4, 0.5) is 0 Å². The molecular formula is C9H13. The number of allylic oxidation sites excluding steroid dienone is 3. The van der Waals surface area contributed by atoms with Crippen LogP contribution in [-0.2, 0) is 0 Å². The second kappa shape index (κ2) is 2.86. The molecule has 0 aliphatic heterocycles. The van der Waals surface area contributed by atoms with Crippen molar-refractivity contribution in [3.63, 3.8) is 0 Å². The molecule has 0 bridgehead atoms. The molecule has 1 rings (SSSR count). The first-order valence-corrected chi connectivity index (χ1v) is 3.51. The maximum atomic E-state index is 3.93. The van der Waals surface area contributed by atoms with Crippen LogP contribution in [0.5, 0.6) is 0 Å². The molecule has 1 atom stereocenters. The zero-order chi connectivity index (χ0) is 6.69. The van der Waals surface area contributed by atoms with Crippen molar-refractivity contribution < 1.29 is 0 Å². The molecule has 0 saturated carbocycles. The molecule has 0 spiro atoms. The molecule has 0 heterocycles. The molecule has 0 aromatic heterocycles. The van der Waals surface area contributed by atoms with E-state index in [2.05, 4.69) is 25.7 Å². The Morgan fingerprint density at radius 3 is 2.89 bits per heavy atom. The van der Waals surface area contributed by atoms with Crippen LogP contribution >= 0.6 is 0 Å². The third-order valence-corrected chi connectivity index (χ3v) is 1.88. The van der Waals surface area contributed by atoms with E-state index in [1.807, 2.05) is 0 Å². The van der Waals surface area contributed by atoms with Crippen LogP contribution in [0.2, 0.25) is 0 Å². The Kier molecular flexibility index (Phi) is 2.10. The second-order valence-electron chi connectivity index (χ2n) is 2.73. The first kappa shape index (κ1) is 6.60. The molecule has 1 aliphatic rings. The maximum Gasteiger partial charge on any atom is -0.0171 e. The number of hydrogen-bond acceptors (Lipinski definition) is 0. The van der Waals surface area contributed by atoms with E-state index in [1.54, 1.807) is 0 Å². The molecule has 0 heteroatoms. The minimum absolute atomic E-state index is 0.742. The van der Waals surface area contributed by atoms with Gasteiger partial charge in [-0.1, -0.05) is 18.2 Å². The van der Waals surface area contributed by atoms with Gasteiger partial charge in [0.25, 0.3) is 0 Å². The summed E-state index contributed by atoms with van der Waals surface area (Å²) >= 11 is 0. The minimum atomic E-state index is 0.742. The van der Waals surface area contributed by atoms with Crippen molar-refractivity contribution in [3.05, 3.63) is 24.3 Å². The predicted octanol–water partition coefficient (Wildman–Crippen LogP) is 2.72. The monoisotopic (exact) mass is 121 g/mol. The largest absolute Gasteiger partial charge is 0.0998 e. The Morgan fingerprint density at radius 1 is 1.78 bits per heavy atom. The van der Waals surface area contributed by atoms with Gasteiger partial charge in [0.1, 0.15) is 0 Å². The molecule has 0 saturated heterocycles. The maximum absolute atomic E-state index is 3.93. The zero-order valence-corrected chi connectivity index (χ0v) is 5.98. The molecule has 1 radical (unpaired) electrons. The Bertz CT molecular complexity index is 131. The van der Waals surface area contributed by atoms with E-state index < -0.39 is 0 Å². The Morgan fingerprint density at radius 2 is 2.56 bits per heavy atom. The van der Waals surface area contributed by atoms with E-state index in [9.17, 15) is 0 Å². The van der Waals surface area contributed by atoms with Crippen LogP contribution in [0.3, 0.4) is 0 Å². The van der Waals surface area contributed by atoms with Crippen molar-refractivity contribution in [3.8, 4) is 0 Å². The highest BCUT2D eigenvalue weighted by atomic mass is 14.1.